The number of H-pyrrole nitrogens is 1. The topological polar surface area (TPSA) is 157 Å². The van der Waals surface area contributed by atoms with Gasteiger partial charge in [-0.1, -0.05) is 31.9 Å². The van der Waals surface area contributed by atoms with Crippen molar-refractivity contribution in [2.24, 2.45) is 0 Å². The Morgan fingerprint density at radius 3 is 2.00 bits per heavy atom. The molecule has 45 heavy (non-hydrogen) atoms. The normalized spacial score (nSPS) is 18.0. The van der Waals surface area contributed by atoms with Crippen molar-refractivity contribution in [1.82, 2.24) is 19.8 Å². The Bertz CT molecular complexity index is 1480. The van der Waals surface area contributed by atoms with Gasteiger partial charge in [0.1, 0.15) is 23.3 Å². The molecule has 2 atom stereocenters. The van der Waals surface area contributed by atoms with Crippen LogP contribution in [0.25, 0.3) is 11.0 Å². The van der Waals surface area contributed by atoms with Crippen molar-refractivity contribution < 1.29 is 23.9 Å². The standard InChI is InChI=1S/C16H20BrN3O2.C10H17NO3.C6H7BrN2/c1-16(2,3)22-15(21)20-8-4-5-13(20)14-18-11-7-6-10(17)9-12(11)19-14;1-10(2,3)14-9(13)11-6-4-5-8(11)7-12;7-4-1-2-5(8)6(9)3-4/h6-7,9,13H,4-5,8H2,1-3H3,(H,18,19);7-8H,4-6H2,1-3H3;1-3H,8-9H2/t13-;8-;/m00./s1. The summed E-state index contributed by atoms with van der Waals surface area (Å²) in [6.07, 6.45) is 3.66. The number of nitrogens with one attached hydrogen (secondary N) is 1. The summed E-state index contributed by atoms with van der Waals surface area (Å²) < 4.78 is 12.6. The molecule has 2 fully saturated rings. The van der Waals surface area contributed by atoms with E-state index in [4.69, 9.17) is 20.9 Å². The lowest BCUT2D eigenvalue weighted by molar-refractivity contribution is -0.111. The van der Waals surface area contributed by atoms with Crippen LogP contribution in [0.4, 0.5) is 21.0 Å². The predicted octanol–water partition coefficient (Wildman–Crippen LogP) is 7.60. The molecular formula is C32H44Br2N6O5. The van der Waals surface area contributed by atoms with Gasteiger partial charge >= 0.3 is 12.2 Å². The zero-order chi connectivity index (χ0) is 33.5. The Hall–Kier alpha value is -3.32. The molecule has 0 unspecified atom stereocenters. The number of aromatic nitrogens is 2. The first-order valence-electron chi connectivity index (χ1n) is 14.9. The van der Waals surface area contributed by atoms with E-state index in [0.717, 1.165) is 57.8 Å². The monoisotopic (exact) mass is 750 g/mol. The second-order valence-electron chi connectivity index (χ2n) is 12.9. The SMILES string of the molecule is CC(C)(C)OC(=O)N1CCC[C@H]1C=O.CC(C)(C)OC(=O)N1CCC[C@H]1c1nc2ccc(Br)cc2[nH]1.Nc1ccc(Br)cc1N. The van der Waals surface area contributed by atoms with Crippen LogP contribution >= 0.6 is 31.9 Å². The van der Waals surface area contributed by atoms with Crippen LogP contribution in [-0.2, 0) is 14.3 Å². The Balaban J connectivity index is 0.000000205. The fourth-order valence-electron chi connectivity index (χ4n) is 4.78. The van der Waals surface area contributed by atoms with Crippen LogP contribution in [-0.4, -0.2) is 68.6 Å². The number of carbonyl (C=O) groups excluding carboxylic acids is 3. The maximum Gasteiger partial charge on any atom is 0.410 e. The van der Waals surface area contributed by atoms with E-state index in [1.54, 1.807) is 17.0 Å². The molecule has 2 aromatic carbocycles. The molecule has 0 bridgehead atoms. The fourth-order valence-corrected chi connectivity index (χ4v) is 5.52. The first kappa shape index (κ1) is 36.2. The highest BCUT2D eigenvalue weighted by Crippen LogP contribution is 2.33. The van der Waals surface area contributed by atoms with Gasteiger partial charge in [0.05, 0.1) is 34.5 Å². The molecule has 3 heterocycles. The molecule has 2 aliphatic heterocycles. The van der Waals surface area contributed by atoms with Crippen LogP contribution in [0.3, 0.4) is 0 Å². The van der Waals surface area contributed by atoms with Crippen molar-refractivity contribution in [3.8, 4) is 0 Å². The Morgan fingerprint density at radius 2 is 1.42 bits per heavy atom. The molecule has 246 valence electrons. The lowest BCUT2D eigenvalue weighted by atomic mass is 10.2. The van der Waals surface area contributed by atoms with Gasteiger partial charge in [-0.25, -0.2) is 14.6 Å². The van der Waals surface area contributed by atoms with Crippen molar-refractivity contribution in [3.63, 3.8) is 0 Å². The van der Waals surface area contributed by atoms with Gasteiger partial charge in [0.2, 0.25) is 0 Å². The van der Waals surface area contributed by atoms with E-state index in [9.17, 15) is 14.4 Å². The summed E-state index contributed by atoms with van der Waals surface area (Å²) in [4.78, 5) is 45.8. The van der Waals surface area contributed by atoms with Crippen molar-refractivity contribution in [3.05, 3.63) is 51.2 Å². The van der Waals surface area contributed by atoms with Crippen LogP contribution in [0.1, 0.15) is 79.1 Å². The third-order valence-electron chi connectivity index (χ3n) is 6.79. The number of imidazole rings is 1. The van der Waals surface area contributed by atoms with Crippen LogP contribution in [0.15, 0.2) is 45.3 Å². The molecule has 11 nitrogen and oxygen atoms in total. The van der Waals surface area contributed by atoms with E-state index < -0.39 is 11.2 Å². The van der Waals surface area contributed by atoms with Crippen LogP contribution in [0.5, 0.6) is 0 Å². The summed E-state index contributed by atoms with van der Waals surface area (Å²) in [5.41, 5.74) is 13.1. The fraction of sp³-hybridized carbons (Fsp3) is 0.500. The van der Waals surface area contributed by atoms with Crippen molar-refractivity contribution >= 4 is 72.7 Å². The molecule has 0 aliphatic carbocycles. The largest absolute Gasteiger partial charge is 0.444 e. The number of nitrogens with zero attached hydrogens (tertiary/aromatic N) is 3. The minimum atomic E-state index is -0.493. The molecule has 2 aliphatic rings. The molecule has 0 saturated carbocycles. The molecule has 1 aromatic heterocycles. The van der Waals surface area contributed by atoms with Gasteiger partial charge in [0, 0.05) is 22.0 Å². The first-order valence-corrected chi connectivity index (χ1v) is 16.5. The summed E-state index contributed by atoms with van der Waals surface area (Å²) >= 11 is 6.72. The molecule has 5 N–H and O–H groups in total. The van der Waals surface area contributed by atoms with Crippen LogP contribution in [0.2, 0.25) is 0 Å². The number of anilines is 2. The smallest absolute Gasteiger partial charge is 0.410 e. The molecule has 2 amide bonds. The van der Waals surface area contributed by atoms with Crippen molar-refractivity contribution in [1.29, 1.82) is 0 Å². The highest BCUT2D eigenvalue weighted by Gasteiger charge is 2.35. The average molecular weight is 753 g/mol. The highest BCUT2D eigenvalue weighted by molar-refractivity contribution is 9.10. The molecule has 3 aromatic rings. The summed E-state index contributed by atoms with van der Waals surface area (Å²) in [5, 5.41) is 0. The maximum absolute atomic E-state index is 12.4. The summed E-state index contributed by atoms with van der Waals surface area (Å²) in [6, 6.07) is 11.0. The zero-order valence-electron chi connectivity index (χ0n) is 26.7. The Kier molecular flexibility index (Phi) is 12.3. The van der Waals surface area contributed by atoms with Gasteiger partial charge in [-0.3, -0.25) is 9.80 Å². The van der Waals surface area contributed by atoms with Gasteiger partial charge in [-0.05, 0) is 104 Å². The third-order valence-corrected chi connectivity index (χ3v) is 7.78. The first-order chi connectivity index (χ1) is 21.0. The minimum Gasteiger partial charge on any atom is -0.444 e. The summed E-state index contributed by atoms with van der Waals surface area (Å²) in [6.45, 7) is 12.4. The molecule has 2 saturated heterocycles. The number of halogens is 2. The van der Waals surface area contributed by atoms with E-state index in [-0.39, 0.29) is 24.3 Å². The molecule has 5 rings (SSSR count). The molecule has 0 radical (unpaired) electrons. The Labute approximate surface area is 281 Å². The van der Waals surface area contributed by atoms with E-state index in [0.29, 0.717) is 24.5 Å². The number of nitrogens with two attached hydrogens (primary N) is 2. The average Bonchev–Trinajstić information content (AvgIpc) is 3.68. The minimum absolute atomic E-state index is 0.0407. The molecule has 0 spiro atoms. The van der Waals surface area contributed by atoms with Gasteiger partial charge in [0.15, 0.2) is 0 Å². The van der Waals surface area contributed by atoms with Crippen molar-refractivity contribution in [2.75, 3.05) is 24.6 Å². The predicted molar refractivity (Wildman–Crippen MR) is 184 cm³/mol. The molecular weight excluding hydrogens is 708 g/mol. The Morgan fingerprint density at radius 1 is 0.867 bits per heavy atom. The second kappa shape index (κ2) is 15.3. The van der Waals surface area contributed by atoms with Gasteiger partial charge in [-0.2, -0.15) is 0 Å². The highest BCUT2D eigenvalue weighted by atomic mass is 79.9. The van der Waals surface area contributed by atoms with Crippen LogP contribution < -0.4 is 11.5 Å². The van der Waals surface area contributed by atoms with E-state index in [1.807, 2.05) is 65.8 Å². The quantitative estimate of drug-likeness (QED) is 0.179. The number of likely N-dealkylation sites (tertiary alicyclic amines) is 2. The zero-order valence-corrected chi connectivity index (χ0v) is 29.9. The number of fused-ring (bicyclic) bond motifs is 1. The number of hydrogen-bond acceptors (Lipinski definition) is 8. The van der Waals surface area contributed by atoms with E-state index >= 15 is 0 Å². The number of hydrogen-bond donors (Lipinski definition) is 3. The number of nitrogen functional groups attached to an aromatic ring is 2. The van der Waals surface area contributed by atoms with Gasteiger partial charge in [0.25, 0.3) is 0 Å². The van der Waals surface area contributed by atoms with Crippen LogP contribution in [0, 0.1) is 0 Å². The van der Waals surface area contributed by atoms with Crippen molar-refractivity contribution in [2.45, 2.75) is 90.5 Å². The van der Waals surface area contributed by atoms with Gasteiger partial charge < -0.3 is 30.7 Å². The number of aromatic amines is 1. The summed E-state index contributed by atoms with van der Waals surface area (Å²) in [7, 11) is 0. The van der Waals surface area contributed by atoms with E-state index in [1.165, 1.54) is 4.90 Å². The maximum atomic E-state index is 12.4. The number of carbonyl (C=O) groups is 3. The number of benzene rings is 2. The number of ether oxygens (including phenoxy) is 2. The lowest BCUT2D eigenvalue weighted by Gasteiger charge is -2.27. The summed E-state index contributed by atoms with van der Waals surface area (Å²) in [5.74, 6) is 0.830. The third kappa shape index (κ3) is 10.9. The number of aldehydes is 1. The number of rotatable bonds is 2. The van der Waals surface area contributed by atoms with E-state index in [2.05, 4.69) is 41.8 Å². The van der Waals surface area contributed by atoms with Gasteiger partial charge in [-0.15, -0.1) is 0 Å². The molecule has 13 heteroatoms. The number of amides is 2. The second-order valence-corrected chi connectivity index (χ2v) is 14.7. The lowest BCUT2D eigenvalue weighted by Crippen LogP contribution is -2.40.